The second-order valence-electron chi connectivity index (χ2n) is 6.47. The van der Waals surface area contributed by atoms with E-state index in [-0.39, 0.29) is 18.4 Å². The third-order valence-corrected chi connectivity index (χ3v) is 4.29. The van der Waals surface area contributed by atoms with Crippen molar-refractivity contribution in [1.29, 1.82) is 0 Å². The summed E-state index contributed by atoms with van der Waals surface area (Å²) in [5.41, 5.74) is 4.66. The van der Waals surface area contributed by atoms with Gasteiger partial charge in [-0.1, -0.05) is 0 Å². The van der Waals surface area contributed by atoms with Crippen LogP contribution in [0.1, 0.15) is 47.0 Å². The van der Waals surface area contributed by atoms with E-state index in [0.717, 1.165) is 25.9 Å². The second kappa shape index (κ2) is 5.90. The molecule has 1 fully saturated rings. The molecule has 2 amide bonds. The molecule has 0 aliphatic carbocycles. The van der Waals surface area contributed by atoms with Gasteiger partial charge in [-0.3, -0.25) is 9.59 Å². The Bertz CT molecular complexity index is 339. The van der Waals surface area contributed by atoms with E-state index in [9.17, 15) is 9.59 Å². The maximum Gasteiger partial charge on any atom is 0.241 e. The summed E-state index contributed by atoms with van der Waals surface area (Å²) in [5, 5.41) is 2.72. The zero-order valence-electron chi connectivity index (χ0n) is 12.6. The summed E-state index contributed by atoms with van der Waals surface area (Å²) < 4.78 is 0. The van der Waals surface area contributed by atoms with Gasteiger partial charge in [0, 0.05) is 18.6 Å². The molecule has 0 saturated carbocycles. The Morgan fingerprint density at radius 3 is 2.11 bits per heavy atom. The predicted molar refractivity (Wildman–Crippen MR) is 75.5 cm³/mol. The van der Waals surface area contributed by atoms with Crippen LogP contribution in [0, 0.1) is 5.41 Å². The van der Waals surface area contributed by atoms with E-state index in [4.69, 9.17) is 5.73 Å². The Kier molecular flexibility index (Phi) is 4.96. The van der Waals surface area contributed by atoms with Gasteiger partial charge >= 0.3 is 0 Å². The molecule has 5 nitrogen and oxygen atoms in total. The molecule has 0 unspecified atom stereocenters. The van der Waals surface area contributed by atoms with Gasteiger partial charge in [-0.2, -0.15) is 0 Å². The predicted octanol–water partition coefficient (Wildman–Crippen LogP) is 0.879. The second-order valence-corrected chi connectivity index (χ2v) is 6.47. The number of nitrogens with zero attached hydrogens (tertiary/aromatic N) is 1. The lowest BCUT2D eigenvalue weighted by molar-refractivity contribution is -0.137. The van der Waals surface area contributed by atoms with Gasteiger partial charge in [-0.05, 0) is 47.0 Å². The number of nitrogens with one attached hydrogen (secondary N) is 1. The van der Waals surface area contributed by atoms with Crippen molar-refractivity contribution < 1.29 is 9.59 Å². The third-order valence-electron chi connectivity index (χ3n) is 4.29. The van der Waals surface area contributed by atoms with Crippen molar-refractivity contribution in [3.05, 3.63) is 0 Å². The van der Waals surface area contributed by atoms with Crippen molar-refractivity contribution in [3.8, 4) is 0 Å². The lowest BCUT2D eigenvalue weighted by Crippen LogP contribution is -2.56. The Balaban J connectivity index is 2.48. The van der Waals surface area contributed by atoms with Crippen LogP contribution in [-0.2, 0) is 9.59 Å². The van der Waals surface area contributed by atoms with Crippen LogP contribution in [0.2, 0.25) is 0 Å². The van der Waals surface area contributed by atoms with Crippen LogP contribution in [0.15, 0.2) is 0 Å². The third kappa shape index (κ3) is 3.93. The van der Waals surface area contributed by atoms with E-state index >= 15 is 0 Å². The van der Waals surface area contributed by atoms with Gasteiger partial charge in [0.2, 0.25) is 11.8 Å². The molecule has 110 valence electrons. The summed E-state index contributed by atoms with van der Waals surface area (Å²) in [6, 6.07) is 0. The van der Waals surface area contributed by atoms with E-state index in [1.54, 1.807) is 13.8 Å². The monoisotopic (exact) mass is 269 g/mol. The van der Waals surface area contributed by atoms with Crippen molar-refractivity contribution in [2.45, 2.75) is 52.5 Å². The molecule has 1 heterocycles. The molecular weight excluding hydrogens is 242 g/mol. The van der Waals surface area contributed by atoms with E-state index in [1.165, 1.54) is 6.42 Å². The lowest BCUT2D eigenvalue weighted by atomic mass is 9.74. The van der Waals surface area contributed by atoms with E-state index in [2.05, 4.69) is 5.32 Å². The highest BCUT2D eigenvalue weighted by atomic mass is 16.2. The van der Waals surface area contributed by atoms with Crippen LogP contribution in [0.5, 0.6) is 0 Å². The number of hydrogen-bond acceptors (Lipinski definition) is 3. The molecule has 3 N–H and O–H groups in total. The summed E-state index contributed by atoms with van der Waals surface area (Å²) in [6.07, 6.45) is 3.30. The summed E-state index contributed by atoms with van der Waals surface area (Å²) in [5.74, 6) is -0.177. The van der Waals surface area contributed by atoms with Gasteiger partial charge in [0.05, 0.1) is 12.0 Å². The summed E-state index contributed by atoms with van der Waals surface area (Å²) in [7, 11) is 0. The average molecular weight is 269 g/mol. The number of carbonyl (C=O) groups excluding carboxylic acids is 2. The number of likely N-dealkylation sites (tertiary alicyclic amines) is 1. The number of hydrogen-bond donors (Lipinski definition) is 2. The Morgan fingerprint density at radius 2 is 1.63 bits per heavy atom. The van der Waals surface area contributed by atoms with Crippen LogP contribution in [-0.4, -0.2) is 41.9 Å². The van der Waals surface area contributed by atoms with Crippen LogP contribution in [0.25, 0.3) is 0 Å². The largest absolute Gasteiger partial charge is 0.347 e. The minimum Gasteiger partial charge on any atom is -0.347 e. The van der Waals surface area contributed by atoms with Crippen molar-refractivity contribution >= 4 is 11.8 Å². The fourth-order valence-corrected chi connectivity index (χ4v) is 1.92. The van der Waals surface area contributed by atoms with Gasteiger partial charge in [-0.25, -0.2) is 0 Å². The lowest BCUT2D eigenvalue weighted by Gasteiger charge is -2.37. The molecule has 0 atom stereocenters. The quantitative estimate of drug-likeness (QED) is 0.795. The maximum atomic E-state index is 12.1. The van der Waals surface area contributed by atoms with Crippen LogP contribution in [0.3, 0.4) is 0 Å². The fourth-order valence-electron chi connectivity index (χ4n) is 1.92. The highest BCUT2D eigenvalue weighted by Gasteiger charge is 2.40. The average Bonchev–Trinajstić information content (AvgIpc) is 2.35. The van der Waals surface area contributed by atoms with Crippen LogP contribution in [0.4, 0.5) is 0 Å². The van der Waals surface area contributed by atoms with Gasteiger partial charge in [0.15, 0.2) is 0 Å². The standard InChI is InChI=1S/C14H27N3O2/c1-13(2,14(3,4)15)12(19)16-10-11(18)17-8-6-5-7-9-17/h5-10,15H2,1-4H3,(H,16,19). The molecule has 0 aromatic carbocycles. The van der Waals surface area contributed by atoms with Crippen molar-refractivity contribution in [2.24, 2.45) is 11.1 Å². The van der Waals surface area contributed by atoms with Gasteiger partial charge < -0.3 is 16.0 Å². The molecule has 1 saturated heterocycles. The Morgan fingerprint density at radius 1 is 1.11 bits per heavy atom. The summed E-state index contributed by atoms with van der Waals surface area (Å²) >= 11 is 0. The van der Waals surface area contributed by atoms with Gasteiger partial charge in [-0.15, -0.1) is 0 Å². The summed E-state index contributed by atoms with van der Waals surface area (Å²) in [6.45, 7) is 8.92. The molecule has 0 radical (unpaired) electrons. The smallest absolute Gasteiger partial charge is 0.241 e. The zero-order valence-corrected chi connectivity index (χ0v) is 12.6. The van der Waals surface area contributed by atoms with Crippen molar-refractivity contribution in [1.82, 2.24) is 10.2 Å². The molecular formula is C14H27N3O2. The fraction of sp³-hybridized carbons (Fsp3) is 0.857. The first kappa shape index (κ1) is 16.0. The number of rotatable bonds is 4. The first-order chi connectivity index (χ1) is 8.66. The van der Waals surface area contributed by atoms with E-state index in [0.29, 0.717) is 0 Å². The first-order valence-electron chi connectivity index (χ1n) is 7.01. The van der Waals surface area contributed by atoms with E-state index in [1.807, 2.05) is 18.7 Å². The molecule has 0 aromatic rings. The minimum absolute atomic E-state index is 0.00122. The molecule has 0 spiro atoms. The van der Waals surface area contributed by atoms with Gasteiger partial charge in [0.1, 0.15) is 0 Å². The number of nitrogens with two attached hydrogens (primary N) is 1. The molecule has 0 aromatic heterocycles. The summed E-state index contributed by atoms with van der Waals surface area (Å²) in [4.78, 5) is 25.9. The topological polar surface area (TPSA) is 75.4 Å². The zero-order chi connectivity index (χ0) is 14.7. The number of amides is 2. The molecule has 1 rings (SSSR count). The first-order valence-corrected chi connectivity index (χ1v) is 7.01. The normalized spacial score (nSPS) is 17.2. The SMILES string of the molecule is CC(C)(N)C(C)(C)C(=O)NCC(=O)N1CCCCC1. The highest BCUT2D eigenvalue weighted by Crippen LogP contribution is 2.28. The molecule has 1 aliphatic heterocycles. The van der Waals surface area contributed by atoms with Crippen LogP contribution < -0.4 is 11.1 Å². The molecule has 19 heavy (non-hydrogen) atoms. The van der Waals surface area contributed by atoms with Crippen molar-refractivity contribution in [3.63, 3.8) is 0 Å². The van der Waals surface area contributed by atoms with E-state index < -0.39 is 11.0 Å². The van der Waals surface area contributed by atoms with Crippen LogP contribution >= 0.6 is 0 Å². The van der Waals surface area contributed by atoms with Gasteiger partial charge in [0.25, 0.3) is 0 Å². The number of piperidine rings is 1. The minimum atomic E-state index is -0.713. The Hall–Kier alpha value is -1.10. The maximum absolute atomic E-state index is 12.1. The number of carbonyl (C=O) groups is 2. The Labute approximate surface area is 115 Å². The van der Waals surface area contributed by atoms with Crippen molar-refractivity contribution in [2.75, 3.05) is 19.6 Å². The molecule has 1 aliphatic rings. The molecule has 5 heteroatoms. The highest BCUT2D eigenvalue weighted by molar-refractivity contribution is 5.88. The molecule has 0 bridgehead atoms.